The number of unbranched alkanes of at least 4 members (excludes halogenated alkanes) is 10. The van der Waals surface area contributed by atoms with Gasteiger partial charge in [-0.1, -0.05) is 97.8 Å². The van der Waals surface area contributed by atoms with E-state index >= 15 is 0 Å². The van der Waals surface area contributed by atoms with Gasteiger partial charge in [0.05, 0.1) is 11.3 Å². The lowest BCUT2D eigenvalue weighted by Crippen LogP contribution is -2.44. The summed E-state index contributed by atoms with van der Waals surface area (Å²) >= 11 is 0. The van der Waals surface area contributed by atoms with Gasteiger partial charge in [0.2, 0.25) is 0 Å². The van der Waals surface area contributed by atoms with Crippen molar-refractivity contribution in [2.75, 3.05) is 0 Å². The minimum Gasteiger partial charge on any atom is -0.481 e. The molecule has 1 saturated carbocycles. The third kappa shape index (κ3) is 10.9. The highest BCUT2D eigenvalue weighted by Gasteiger charge is 2.48. The molecular formula is C27H50O4. The Morgan fingerprint density at radius 2 is 1.48 bits per heavy atom. The summed E-state index contributed by atoms with van der Waals surface area (Å²) in [5.74, 6) is -1.30. The summed E-state index contributed by atoms with van der Waals surface area (Å²) in [6.45, 7) is 8.38. The van der Waals surface area contributed by atoms with E-state index in [9.17, 15) is 14.7 Å². The molecule has 4 nitrogen and oxygen atoms in total. The van der Waals surface area contributed by atoms with Crippen LogP contribution in [0.5, 0.6) is 0 Å². The Morgan fingerprint density at radius 1 is 0.935 bits per heavy atom. The van der Waals surface area contributed by atoms with Crippen molar-refractivity contribution in [2.24, 2.45) is 17.3 Å². The van der Waals surface area contributed by atoms with Crippen LogP contribution in [0.2, 0.25) is 0 Å². The van der Waals surface area contributed by atoms with Gasteiger partial charge in [0.15, 0.2) is 0 Å². The third-order valence-corrected chi connectivity index (χ3v) is 7.11. The maximum Gasteiger partial charge on any atom is 0.312 e. The van der Waals surface area contributed by atoms with Crippen LogP contribution in [0, 0.1) is 17.3 Å². The summed E-state index contributed by atoms with van der Waals surface area (Å²) in [4.78, 5) is 24.8. The smallest absolute Gasteiger partial charge is 0.312 e. The second-order valence-electron chi connectivity index (χ2n) is 10.5. The second-order valence-corrected chi connectivity index (χ2v) is 10.5. The zero-order valence-electron chi connectivity index (χ0n) is 20.9. The molecule has 0 bridgehead atoms. The summed E-state index contributed by atoms with van der Waals surface area (Å²) in [6.07, 6.45) is 19.0. The van der Waals surface area contributed by atoms with E-state index in [-0.39, 0.29) is 12.1 Å². The molecule has 1 rings (SSSR count). The lowest BCUT2D eigenvalue weighted by molar-refractivity contribution is -0.174. The molecule has 0 aliphatic heterocycles. The topological polar surface area (TPSA) is 63.6 Å². The summed E-state index contributed by atoms with van der Waals surface area (Å²) in [7, 11) is 0. The van der Waals surface area contributed by atoms with E-state index in [0.717, 1.165) is 32.1 Å². The number of hydrogen-bond donors (Lipinski definition) is 1. The number of carboxylic acid groups (broad SMARTS) is 1. The van der Waals surface area contributed by atoms with Crippen LogP contribution in [-0.4, -0.2) is 23.1 Å². The molecule has 0 aromatic heterocycles. The Morgan fingerprint density at radius 3 is 2.00 bits per heavy atom. The molecule has 0 radical (unpaired) electrons. The van der Waals surface area contributed by atoms with Gasteiger partial charge in [-0.2, -0.15) is 0 Å². The van der Waals surface area contributed by atoms with Gasteiger partial charge in [0, 0.05) is 0 Å². The van der Waals surface area contributed by atoms with Crippen LogP contribution in [0.4, 0.5) is 0 Å². The van der Waals surface area contributed by atoms with Crippen molar-refractivity contribution >= 4 is 11.9 Å². The molecule has 1 aliphatic carbocycles. The van der Waals surface area contributed by atoms with Gasteiger partial charge in [-0.25, -0.2) is 0 Å². The molecule has 1 aliphatic rings. The molecule has 0 aromatic carbocycles. The molecule has 0 spiro atoms. The molecule has 1 fully saturated rings. The number of carbonyl (C=O) groups is 2. The predicted octanol–water partition coefficient (Wildman–Crippen LogP) is 7.93. The van der Waals surface area contributed by atoms with Crippen LogP contribution in [0.25, 0.3) is 0 Å². The molecule has 0 aromatic rings. The van der Waals surface area contributed by atoms with Crippen LogP contribution < -0.4 is 0 Å². The standard InChI is InChI=1S/C27H50O4/c1-5-6-7-8-9-10-11-12-13-14-15-18-23(21-22(2)3)31-26(30)27(4)20-17-16-19-24(27)25(28)29/h22-24H,5-21H2,1-4H3,(H,28,29). The Bertz CT molecular complexity index is 501. The third-order valence-electron chi connectivity index (χ3n) is 7.11. The first-order valence-corrected chi connectivity index (χ1v) is 13.2. The van der Waals surface area contributed by atoms with Crippen LogP contribution in [-0.2, 0) is 14.3 Å². The van der Waals surface area contributed by atoms with Crippen molar-refractivity contribution in [3.8, 4) is 0 Å². The number of carbonyl (C=O) groups excluding carboxylic acids is 1. The maximum atomic E-state index is 13.0. The average Bonchev–Trinajstić information content (AvgIpc) is 2.71. The minimum absolute atomic E-state index is 0.0840. The summed E-state index contributed by atoms with van der Waals surface area (Å²) in [5, 5.41) is 9.61. The summed E-state index contributed by atoms with van der Waals surface area (Å²) < 4.78 is 5.97. The van der Waals surface area contributed by atoms with E-state index in [4.69, 9.17) is 4.74 Å². The summed E-state index contributed by atoms with van der Waals surface area (Å²) in [5.41, 5.74) is -0.879. The molecule has 182 valence electrons. The first-order valence-electron chi connectivity index (χ1n) is 13.2. The number of carboxylic acids is 1. The molecule has 1 N–H and O–H groups in total. The molecule has 3 atom stereocenters. The van der Waals surface area contributed by atoms with Gasteiger partial charge in [-0.05, 0) is 44.9 Å². The van der Waals surface area contributed by atoms with E-state index in [1.54, 1.807) is 0 Å². The average molecular weight is 439 g/mol. The quantitative estimate of drug-likeness (QED) is 0.185. The van der Waals surface area contributed by atoms with Crippen molar-refractivity contribution in [1.82, 2.24) is 0 Å². The van der Waals surface area contributed by atoms with Crippen LogP contribution >= 0.6 is 0 Å². The largest absolute Gasteiger partial charge is 0.481 e. The first-order chi connectivity index (χ1) is 14.8. The first kappa shape index (κ1) is 28.0. The molecule has 31 heavy (non-hydrogen) atoms. The van der Waals surface area contributed by atoms with E-state index in [1.165, 1.54) is 64.2 Å². The molecule has 0 saturated heterocycles. The van der Waals surface area contributed by atoms with Crippen molar-refractivity contribution in [3.63, 3.8) is 0 Å². The molecule has 0 amide bonds. The molecule has 3 unspecified atom stereocenters. The molecule has 0 heterocycles. The van der Waals surface area contributed by atoms with E-state index in [1.807, 2.05) is 6.92 Å². The second kappa shape index (κ2) is 15.7. The lowest BCUT2D eigenvalue weighted by Gasteiger charge is -2.38. The summed E-state index contributed by atoms with van der Waals surface area (Å²) in [6, 6.07) is 0. The fourth-order valence-electron chi connectivity index (χ4n) is 5.05. The highest BCUT2D eigenvalue weighted by Crippen LogP contribution is 2.42. The number of hydrogen-bond acceptors (Lipinski definition) is 3. The monoisotopic (exact) mass is 438 g/mol. The number of rotatable bonds is 17. The van der Waals surface area contributed by atoms with Crippen molar-refractivity contribution in [2.45, 2.75) is 143 Å². The molecule has 4 heteroatoms. The number of aliphatic carboxylic acids is 1. The van der Waals surface area contributed by atoms with Crippen LogP contribution in [0.15, 0.2) is 0 Å². The van der Waals surface area contributed by atoms with Gasteiger partial charge in [-0.3, -0.25) is 9.59 Å². The fraction of sp³-hybridized carbons (Fsp3) is 0.926. The SMILES string of the molecule is CCCCCCCCCCCCCC(CC(C)C)OC(=O)C1(C)CCCCC1C(=O)O. The Labute approximate surface area is 191 Å². The van der Waals surface area contributed by atoms with E-state index in [0.29, 0.717) is 18.8 Å². The maximum absolute atomic E-state index is 13.0. The van der Waals surface area contributed by atoms with Gasteiger partial charge in [-0.15, -0.1) is 0 Å². The van der Waals surface area contributed by atoms with E-state index in [2.05, 4.69) is 20.8 Å². The van der Waals surface area contributed by atoms with Gasteiger partial charge in [0.25, 0.3) is 0 Å². The van der Waals surface area contributed by atoms with Crippen molar-refractivity contribution in [1.29, 1.82) is 0 Å². The van der Waals surface area contributed by atoms with Crippen molar-refractivity contribution < 1.29 is 19.4 Å². The Hall–Kier alpha value is -1.06. The van der Waals surface area contributed by atoms with Gasteiger partial charge < -0.3 is 9.84 Å². The van der Waals surface area contributed by atoms with Gasteiger partial charge >= 0.3 is 11.9 Å². The highest BCUT2D eigenvalue weighted by molar-refractivity contribution is 5.84. The number of ether oxygens (including phenoxy) is 1. The zero-order valence-corrected chi connectivity index (χ0v) is 20.9. The van der Waals surface area contributed by atoms with Crippen LogP contribution in [0.1, 0.15) is 137 Å². The molecular weight excluding hydrogens is 388 g/mol. The number of esters is 1. The Kier molecular flexibility index (Phi) is 14.2. The zero-order chi connectivity index (χ0) is 23.1. The van der Waals surface area contributed by atoms with Crippen LogP contribution in [0.3, 0.4) is 0 Å². The lowest BCUT2D eigenvalue weighted by atomic mass is 9.67. The van der Waals surface area contributed by atoms with Crippen molar-refractivity contribution in [3.05, 3.63) is 0 Å². The Balaban J connectivity index is 2.36. The predicted molar refractivity (Wildman–Crippen MR) is 128 cm³/mol. The fourth-order valence-corrected chi connectivity index (χ4v) is 5.05. The normalized spacial score (nSPS) is 22.4. The van der Waals surface area contributed by atoms with E-state index < -0.39 is 17.3 Å². The highest BCUT2D eigenvalue weighted by atomic mass is 16.5. The van der Waals surface area contributed by atoms with Gasteiger partial charge in [0.1, 0.15) is 6.10 Å². The minimum atomic E-state index is -0.879.